The maximum atomic E-state index is 13.9. The normalized spacial score (nSPS) is 13.2. The smallest absolute Gasteiger partial charge is 0.460 e. The maximum absolute atomic E-state index is 13.9. The van der Waals surface area contributed by atoms with E-state index >= 15 is 0 Å². The summed E-state index contributed by atoms with van der Waals surface area (Å²) in [5.74, 6) is -2.15. The fraction of sp³-hybridized carbons (Fsp3) is 0.222. The largest absolute Gasteiger partial charge is 0.464 e. The van der Waals surface area contributed by atoms with Gasteiger partial charge in [0, 0.05) is 10.7 Å². The molecule has 0 fully saturated rings. The van der Waals surface area contributed by atoms with Crippen LogP contribution in [0.1, 0.15) is 5.56 Å². The monoisotopic (exact) mass is 416 g/mol. The van der Waals surface area contributed by atoms with Crippen LogP contribution in [0.3, 0.4) is 0 Å². The number of carbonyl (C=O) groups is 2. The molecule has 2 aromatic carbocycles. The molecule has 2 aromatic rings. The lowest BCUT2D eigenvalue weighted by atomic mass is 10.2. The van der Waals surface area contributed by atoms with Gasteiger partial charge >= 0.3 is 23.9 Å². The van der Waals surface area contributed by atoms with E-state index in [1.54, 1.807) is 24.4 Å². The number of nitrogens with one attached hydrogen (secondary N) is 2. The molecule has 0 aliphatic heterocycles. The average molecular weight is 417 g/mol. The maximum Gasteiger partial charge on any atom is 0.460 e. The lowest BCUT2D eigenvalue weighted by molar-refractivity contribution is -0.258. The Morgan fingerprint density at radius 1 is 1.04 bits per heavy atom. The van der Waals surface area contributed by atoms with Gasteiger partial charge in [0.05, 0.1) is 7.11 Å². The summed E-state index contributed by atoms with van der Waals surface area (Å²) in [6.07, 6.45) is -5.34. The van der Waals surface area contributed by atoms with Gasteiger partial charge in [-0.25, -0.2) is 9.59 Å². The van der Waals surface area contributed by atoms with Gasteiger partial charge in [-0.05, 0) is 36.8 Å². The van der Waals surface area contributed by atoms with E-state index in [0.29, 0.717) is 10.6 Å². The Hall–Kier alpha value is -2.94. The second kappa shape index (κ2) is 8.39. The lowest BCUT2D eigenvalue weighted by Crippen LogP contribution is -2.68. The number of para-hydroxylation sites is 1. The molecule has 28 heavy (non-hydrogen) atoms. The number of carbonyl (C=O) groups excluding carboxylic acids is 2. The first-order valence-electron chi connectivity index (χ1n) is 7.84. The molecule has 1 atom stereocenters. The number of ether oxygens (including phenoxy) is 2. The molecule has 150 valence electrons. The van der Waals surface area contributed by atoms with Gasteiger partial charge < -0.3 is 14.8 Å². The zero-order valence-electron chi connectivity index (χ0n) is 14.8. The molecule has 0 bridgehead atoms. The summed E-state index contributed by atoms with van der Waals surface area (Å²) < 4.78 is 50.7. The SMILES string of the molecule is COC(=O)[C@@](NC(=O)Nc1cccc(Cl)c1C)(Oc1ccccc1)C(F)(F)F. The van der Waals surface area contributed by atoms with Gasteiger partial charge in [-0.2, -0.15) is 13.2 Å². The fourth-order valence-corrected chi connectivity index (χ4v) is 2.40. The summed E-state index contributed by atoms with van der Waals surface area (Å²) in [6.45, 7) is 1.57. The highest BCUT2D eigenvalue weighted by atomic mass is 35.5. The van der Waals surface area contributed by atoms with Crippen molar-refractivity contribution in [2.45, 2.75) is 18.8 Å². The number of esters is 1. The highest BCUT2D eigenvalue weighted by molar-refractivity contribution is 6.31. The number of rotatable bonds is 5. The second-order valence-corrected chi connectivity index (χ2v) is 5.98. The van der Waals surface area contributed by atoms with Crippen LogP contribution in [0.4, 0.5) is 23.7 Å². The summed E-state index contributed by atoms with van der Waals surface area (Å²) in [6, 6.07) is 9.90. The van der Waals surface area contributed by atoms with E-state index in [-0.39, 0.29) is 11.4 Å². The van der Waals surface area contributed by atoms with Crippen LogP contribution in [0.25, 0.3) is 0 Å². The van der Waals surface area contributed by atoms with E-state index in [1.807, 2.05) is 0 Å². The quantitative estimate of drug-likeness (QED) is 0.563. The molecule has 0 radical (unpaired) electrons. The van der Waals surface area contributed by atoms with E-state index in [2.05, 4.69) is 10.1 Å². The minimum Gasteiger partial charge on any atom is -0.464 e. The van der Waals surface area contributed by atoms with Crippen molar-refractivity contribution in [1.82, 2.24) is 5.32 Å². The third-order valence-corrected chi connectivity index (χ3v) is 4.10. The molecule has 0 saturated heterocycles. The van der Waals surface area contributed by atoms with Crippen molar-refractivity contribution in [2.24, 2.45) is 0 Å². The topological polar surface area (TPSA) is 76.7 Å². The first-order chi connectivity index (χ1) is 13.1. The molecule has 0 unspecified atom stereocenters. The van der Waals surface area contributed by atoms with Crippen molar-refractivity contribution in [3.05, 3.63) is 59.1 Å². The van der Waals surface area contributed by atoms with Crippen LogP contribution < -0.4 is 15.4 Å². The van der Waals surface area contributed by atoms with Gasteiger partial charge in [0.2, 0.25) is 0 Å². The highest BCUT2D eigenvalue weighted by Crippen LogP contribution is 2.34. The Bertz CT molecular complexity index is 862. The molecule has 0 aromatic heterocycles. The molecule has 2 rings (SSSR count). The zero-order valence-corrected chi connectivity index (χ0v) is 15.5. The summed E-state index contributed by atoms with van der Waals surface area (Å²) in [5, 5.41) is 4.07. The highest BCUT2D eigenvalue weighted by Gasteiger charge is 2.66. The van der Waals surface area contributed by atoms with Crippen molar-refractivity contribution < 1.29 is 32.2 Å². The van der Waals surface area contributed by atoms with Crippen molar-refractivity contribution in [2.75, 3.05) is 12.4 Å². The van der Waals surface area contributed by atoms with Gasteiger partial charge in [-0.15, -0.1) is 0 Å². The average Bonchev–Trinajstić information content (AvgIpc) is 2.64. The van der Waals surface area contributed by atoms with E-state index in [1.165, 1.54) is 36.4 Å². The van der Waals surface area contributed by atoms with Crippen LogP contribution in [0, 0.1) is 6.92 Å². The number of hydrogen-bond donors (Lipinski definition) is 2. The Labute approximate surface area is 163 Å². The van der Waals surface area contributed by atoms with Gasteiger partial charge in [0.15, 0.2) is 0 Å². The van der Waals surface area contributed by atoms with E-state index in [9.17, 15) is 22.8 Å². The Morgan fingerprint density at radius 2 is 1.68 bits per heavy atom. The van der Waals surface area contributed by atoms with Gasteiger partial charge in [0.1, 0.15) is 5.75 Å². The number of halogens is 4. The summed E-state index contributed by atoms with van der Waals surface area (Å²) >= 11 is 5.93. The summed E-state index contributed by atoms with van der Waals surface area (Å²) in [7, 11) is 0.748. The molecule has 6 nitrogen and oxygen atoms in total. The molecule has 0 heterocycles. The third-order valence-electron chi connectivity index (χ3n) is 3.69. The van der Waals surface area contributed by atoms with Gasteiger partial charge in [-0.3, -0.25) is 5.32 Å². The summed E-state index contributed by atoms with van der Waals surface area (Å²) in [4.78, 5) is 24.4. The molecule has 0 saturated carbocycles. The molecular formula is C18H16ClF3N2O4. The summed E-state index contributed by atoms with van der Waals surface area (Å²) in [5.41, 5.74) is -3.18. The van der Waals surface area contributed by atoms with Gasteiger partial charge in [-0.1, -0.05) is 35.9 Å². The number of methoxy groups -OCH3 is 1. The molecule has 2 N–H and O–H groups in total. The fourth-order valence-electron chi connectivity index (χ4n) is 2.23. The Balaban J connectivity index is 2.39. The van der Waals surface area contributed by atoms with Crippen LogP contribution in [0.15, 0.2) is 48.5 Å². The number of anilines is 1. The molecule has 0 aliphatic carbocycles. The van der Waals surface area contributed by atoms with E-state index < -0.39 is 23.9 Å². The standard InChI is InChI=1S/C18H16ClF3N2O4/c1-11-13(19)9-6-10-14(11)23-16(26)24-17(15(25)27-2,18(20,21)22)28-12-7-4-3-5-8-12/h3-10H,1-2H3,(H2,23,24,26)/t17-/m1/s1. The van der Waals surface area contributed by atoms with Crippen molar-refractivity contribution >= 4 is 29.3 Å². The first-order valence-corrected chi connectivity index (χ1v) is 8.22. The molecule has 10 heteroatoms. The Kier molecular flexibility index (Phi) is 6.40. The van der Waals surface area contributed by atoms with Crippen LogP contribution in [-0.4, -0.2) is 31.0 Å². The molecule has 0 aliphatic rings. The molecule has 2 amide bonds. The van der Waals surface area contributed by atoms with Crippen molar-refractivity contribution in [3.8, 4) is 5.75 Å². The van der Waals surface area contributed by atoms with E-state index in [4.69, 9.17) is 16.3 Å². The lowest BCUT2D eigenvalue weighted by Gasteiger charge is -2.33. The van der Waals surface area contributed by atoms with Crippen LogP contribution >= 0.6 is 11.6 Å². The minimum absolute atomic E-state index is 0.158. The van der Waals surface area contributed by atoms with E-state index in [0.717, 1.165) is 7.11 Å². The predicted octanol–water partition coefficient (Wildman–Crippen LogP) is 4.28. The zero-order chi connectivity index (χ0) is 20.9. The van der Waals surface area contributed by atoms with Crippen molar-refractivity contribution in [3.63, 3.8) is 0 Å². The number of alkyl halides is 3. The van der Waals surface area contributed by atoms with Crippen molar-refractivity contribution in [1.29, 1.82) is 0 Å². The number of amides is 2. The van der Waals surface area contributed by atoms with Gasteiger partial charge in [0.25, 0.3) is 0 Å². The molecular weight excluding hydrogens is 401 g/mol. The Morgan fingerprint density at radius 3 is 2.25 bits per heavy atom. The van der Waals surface area contributed by atoms with Crippen LogP contribution in [0.2, 0.25) is 5.02 Å². The first kappa shape index (κ1) is 21.4. The molecule has 0 spiro atoms. The predicted molar refractivity (Wildman–Crippen MR) is 96.2 cm³/mol. The minimum atomic E-state index is -5.34. The number of hydrogen-bond acceptors (Lipinski definition) is 4. The number of urea groups is 1. The number of benzene rings is 2. The van der Waals surface area contributed by atoms with Crippen LogP contribution in [-0.2, 0) is 9.53 Å². The second-order valence-electron chi connectivity index (χ2n) is 5.58. The van der Waals surface area contributed by atoms with Crippen LogP contribution in [0.5, 0.6) is 5.75 Å². The third kappa shape index (κ3) is 4.48.